The molecule has 1 unspecified atom stereocenters. The molecule has 1 aliphatic rings. The molecule has 0 fully saturated rings. The maximum atomic E-state index is 12.2. The average Bonchev–Trinajstić information content (AvgIpc) is 2.62. The van der Waals surface area contributed by atoms with Crippen LogP contribution in [0.1, 0.15) is 23.6 Å². The van der Waals surface area contributed by atoms with E-state index in [0.717, 1.165) is 29.9 Å². The van der Waals surface area contributed by atoms with Crippen LogP contribution in [-0.4, -0.2) is 25.4 Å². The second-order valence-corrected chi connectivity index (χ2v) is 6.83. The number of rotatable bonds is 5. The van der Waals surface area contributed by atoms with E-state index in [1.165, 1.54) is 10.5 Å². The predicted molar refractivity (Wildman–Crippen MR) is 97.8 cm³/mol. The lowest BCUT2D eigenvalue weighted by molar-refractivity contribution is 0.236. The molecule has 0 radical (unpaired) electrons. The number of amides is 2. The molecule has 2 aromatic rings. The lowest BCUT2D eigenvalue weighted by Crippen LogP contribution is -2.39. The van der Waals surface area contributed by atoms with Gasteiger partial charge >= 0.3 is 6.03 Å². The molecule has 1 atom stereocenters. The van der Waals surface area contributed by atoms with Gasteiger partial charge in [0.05, 0.1) is 13.2 Å². The van der Waals surface area contributed by atoms with Crippen molar-refractivity contribution in [3.05, 3.63) is 59.7 Å². The first-order valence-electron chi connectivity index (χ1n) is 8.16. The van der Waals surface area contributed by atoms with Gasteiger partial charge in [0.2, 0.25) is 0 Å². The standard InChI is InChI=1S/C19H22N2O2S/c1-23-17-8-4-2-6-14(17)10-12-20-19(22)21-16-11-13-24-18-9-5-3-7-15(16)18/h2-9,16H,10-13H2,1H3,(H2,20,21,22). The predicted octanol–water partition coefficient (Wildman–Crippen LogP) is 3.77. The van der Waals surface area contributed by atoms with E-state index in [1.54, 1.807) is 7.11 Å². The minimum absolute atomic E-state index is 0.0914. The highest BCUT2D eigenvalue weighted by Crippen LogP contribution is 2.35. The van der Waals surface area contributed by atoms with E-state index in [1.807, 2.05) is 48.2 Å². The summed E-state index contributed by atoms with van der Waals surface area (Å²) in [6.07, 6.45) is 1.70. The van der Waals surface area contributed by atoms with Crippen LogP contribution in [0.5, 0.6) is 5.75 Å². The van der Waals surface area contributed by atoms with Crippen molar-refractivity contribution in [2.45, 2.75) is 23.8 Å². The smallest absolute Gasteiger partial charge is 0.315 e. The van der Waals surface area contributed by atoms with Gasteiger partial charge in [-0.15, -0.1) is 11.8 Å². The van der Waals surface area contributed by atoms with Crippen LogP contribution in [0, 0.1) is 0 Å². The summed E-state index contributed by atoms with van der Waals surface area (Å²) in [5.41, 5.74) is 2.31. The molecule has 1 aliphatic heterocycles. The molecule has 126 valence electrons. The third-order valence-electron chi connectivity index (χ3n) is 4.14. The van der Waals surface area contributed by atoms with Crippen LogP contribution >= 0.6 is 11.8 Å². The zero-order chi connectivity index (χ0) is 16.8. The fourth-order valence-corrected chi connectivity index (χ4v) is 4.05. The van der Waals surface area contributed by atoms with Gasteiger partial charge in [-0.05, 0) is 36.1 Å². The summed E-state index contributed by atoms with van der Waals surface area (Å²) >= 11 is 1.85. The Morgan fingerprint density at radius 3 is 2.88 bits per heavy atom. The first kappa shape index (κ1) is 16.7. The summed E-state index contributed by atoms with van der Waals surface area (Å²) in [6.45, 7) is 0.579. The lowest BCUT2D eigenvalue weighted by atomic mass is 10.0. The topological polar surface area (TPSA) is 50.4 Å². The molecule has 24 heavy (non-hydrogen) atoms. The number of para-hydroxylation sites is 1. The molecule has 1 heterocycles. The number of hydrogen-bond acceptors (Lipinski definition) is 3. The van der Waals surface area contributed by atoms with Gasteiger partial charge in [0, 0.05) is 17.2 Å². The third kappa shape index (κ3) is 4.03. The number of carbonyl (C=O) groups is 1. The second kappa shape index (κ2) is 8.11. The highest BCUT2D eigenvalue weighted by Gasteiger charge is 2.21. The van der Waals surface area contributed by atoms with Gasteiger partial charge in [-0.3, -0.25) is 0 Å². The minimum Gasteiger partial charge on any atom is -0.496 e. The quantitative estimate of drug-likeness (QED) is 0.869. The first-order valence-corrected chi connectivity index (χ1v) is 9.14. The number of urea groups is 1. The van der Waals surface area contributed by atoms with Crippen molar-refractivity contribution in [1.29, 1.82) is 0 Å². The highest BCUT2D eigenvalue weighted by molar-refractivity contribution is 7.99. The fraction of sp³-hybridized carbons (Fsp3) is 0.316. The Morgan fingerprint density at radius 1 is 1.21 bits per heavy atom. The lowest BCUT2D eigenvalue weighted by Gasteiger charge is -2.26. The van der Waals surface area contributed by atoms with Crippen LogP contribution in [0.3, 0.4) is 0 Å². The SMILES string of the molecule is COc1ccccc1CCNC(=O)NC1CCSc2ccccc21. The van der Waals surface area contributed by atoms with Crippen LogP contribution < -0.4 is 15.4 Å². The van der Waals surface area contributed by atoms with Gasteiger partial charge in [-0.25, -0.2) is 4.79 Å². The third-order valence-corrected chi connectivity index (χ3v) is 5.26. The Bertz CT molecular complexity index is 705. The summed E-state index contributed by atoms with van der Waals surface area (Å²) in [6, 6.07) is 16.1. The second-order valence-electron chi connectivity index (χ2n) is 5.69. The highest BCUT2D eigenvalue weighted by atomic mass is 32.2. The number of ether oxygens (including phenoxy) is 1. The molecule has 0 bridgehead atoms. The van der Waals surface area contributed by atoms with Crippen molar-refractivity contribution in [3.63, 3.8) is 0 Å². The molecular weight excluding hydrogens is 320 g/mol. The first-order chi connectivity index (χ1) is 11.8. The molecule has 0 aliphatic carbocycles. The number of hydrogen-bond donors (Lipinski definition) is 2. The van der Waals surface area contributed by atoms with Crippen molar-refractivity contribution in [2.75, 3.05) is 19.4 Å². The summed E-state index contributed by atoms with van der Waals surface area (Å²) < 4.78 is 5.33. The fourth-order valence-electron chi connectivity index (χ4n) is 2.92. The van der Waals surface area contributed by atoms with Crippen LogP contribution in [-0.2, 0) is 6.42 Å². The van der Waals surface area contributed by atoms with E-state index in [9.17, 15) is 4.79 Å². The van der Waals surface area contributed by atoms with Gasteiger partial charge < -0.3 is 15.4 Å². The molecule has 2 aromatic carbocycles. The number of carbonyl (C=O) groups excluding carboxylic acids is 1. The molecule has 5 heteroatoms. The monoisotopic (exact) mass is 342 g/mol. The Labute approximate surface area is 147 Å². The number of thioether (sulfide) groups is 1. The normalized spacial score (nSPS) is 16.1. The summed E-state index contributed by atoms with van der Waals surface area (Å²) in [5.74, 6) is 1.89. The van der Waals surface area contributed by atoms with Gasteiger partial charge in [0.15, 0.2) is 0 Å². The molecule has 0 aromatic heterocycles. The molecule has 4 nitrogen and oxygen atoms in total. The van der Waals surface area contributed by atoms with Gasteiger partial charge in [-0.2, -0.15) is 0 Å². The molecule has 3 rings (SSSR count). The Balaban J connectivity index is 1.52. The number of nitrogens with one attached hydrogen (secondary N) is 2. The Hall–Kier alpha value is -2.14. The van der Waals surface area contributed by atoms with E-state index in [4.69, 9.17) is 4.74 Å². The van der Waals surface area contributed by atoms with Crippen LogP contribution in [0.15, 0.2) is 53.4 Å². The molecule has 2 amide bonds. The van der Waals surface area contributed by atoms with Crippen molar-refractivity contribution < 1.29 is 9.53 Å². The van der Waals surface area contributed by atoms with E-state index in [0.29, 0.717) is 6.54 Å². The molecule has 0 spiro atoms. The van der Waals surface area contributed by atoms with Crippen molar-refractivity contribution in [2.24, 2.45) is 0 Å². The van der Waals surface area contributed by atoms with Crippen LogP contribution in [0.4, 0.5) is 4.79 Å². The van der Waals surface area contributed by atoms with Crippen LogP contribution in [0.2, 0.25) is 0 Å². The number of benzene rings is 2. The number of methoxy groups -OCH3 is 1. The molecule has 0 saturated carbocycles. The average molecular weight is 342 g/mol. The maximum Gasteiger partial charge on any atom is 0.315 e. The van der Waals surface area contributed by atoms with E-state index in [-0.39, 0.29) is 12.1 Å². The van der Waals surface area contributed by atoms with E-state index in [2.05, 4.69) is 22.8 Å². The van der Waals surface area contributed by atoms with Gasteiger partial charge in [-0.1, -0.05) is 36.4 Å². The van der Waals surface area contributed by atoms with Crippen LogP contribution in [0.25, 0.3) is 0 Å². The zero-order valence-electron chi connectivity index (χ0n) is 13.7. The van der Waals surface area contributed by atoms with Gasteiger partial charge in [0.1, 0.15) is 5.75 Å². The van der Waals surface area contributed by atoms with Crippen molar-refractivity contribution in [1.82, 2.24) is 10.6 Å². The molecule has 2 N–H and O–H groups in total. The largest absolute Gasteiger partial charge is 0.496 e. The summed E-state index contributed by atoms with van der Waals surface area (Å²) in [7, 11) is 1.66. The Morgan fingerprint density at radius 2 is 2.00 bits per heavy atom. The van der Waals surface area contributed by atoms with E-state index >= 15 is 0 Å². The number of fused-ring (bicyclic) bond motifs is 1. The summed E-state index contributed by atoms with van der Waals surface area (Å²) in [5, 5.41) is 6.04. The zero-order valence-corrected chi connectivity index (χ0v) is 14.6. The van der Waals surface area contributed by atoms with Crippen molar-refractivity contribution in [3.8, 4) is 5.75 Å². The maximum absolute atomic E-state index is 12.2. The molecule has 0 saturated heterocycles. The van der Waals surface area contributed by atoms with E-state index < -0.39 is 0 Å². The molecular formula is C19H22N2O2S. The summed E-state index contributed by atoms with van der Waals surface area (Å²) in [4.78, 5) is 13.5. The van der Waals surface area contributed by atoms with Gasteiger partial charge in [0.25, 0.3) is 0 Å². The minimum atomic E-state index is -0.114. The Kier molecular flexibility index (Phi) is 5.64. The van der Waals surface area contributed by atoms with Crippen molar-refractivity contribution >= 4 is 17.8 Å².